The van der Waals surface area contributed by atoms with Crippen molar-refractivity contribution in [3.63, 3.8) is 0 Å². The monoisotopic (exact) mass is 182 g/mol. The molecule has 13 heavy (non-hydrogen) atoms. The van der Waals surface area contributed by atoms with Gasteiger partial charge in [-0.2, -0.15) is 0 Å². The minimum absolute atomic E-state index is 0.319. The van der Waals surface area contributed by atoms with Crippen LogP contribution in [0, 0.1) is 12.7 Å². The molecule has 0 saturated heterocycles. The van der Waals surface area contributed by atoms with E-state index in [1.807, 2.05) is 0 Å². The standard InChI is InChI=1S/C10H11FO2/c1-6-4-7(11)5-8-9(12)2-3-13-10(6)8/h4-5,9,12H,2-3H2,1H3/t9-/m0/s1. The van der Waals surface area contributed by atoms with Crippen LogP contribution in [0.5, 0.6) is 5.75 Å². The molecular weight excluding hydrogens is 171 g/mol. The number of fused-ring (bicyclic) bond motifs is 1. The van der Waals surface area contributed by atoms with Gasteiger partial charge in [-0.25, -0.2) is 4.39 Å². The molecule has 1 atom stereocenters. The molecule has 0 amide bonds. The smallest absolute Gasteiger partial charge is 0.128 e. The molecule has 2 nitrogen and oxygen atoms in total. The summed E-state index contributed by atoms with van der Waals surface area (Å²) in [6, 6.07) is 2.75. The van der Waals surface area contributed by atoms with Gasteiger partial charge in [0.1, 0.15) is 11.6 Å². The van der Waals surface area contributed by atoms with E-state index in [0.717, 1.165) is 5.56 Å². The van der Waals surface area contributed by atoms with Crippen molar-refractivity contribution < 1.29 is 14.2 Å². The molecule has 1 aromatic carbocycles. The summed E-state index contributed by atoms with van der Waals surface area (Å²) >= 11 is 0. The number of halogens is 1. The number of rotatable bonds is 0. The molecule has 0 aliphatic carbocycles. The van der Waals surface area contributed by atoms with Gasteiger partial charge in [0.05, 0.1) is 12.7 Å². The van der Waals surface area contributed by atoms with Gasteiger partial charge in [0.15, 0.2) is 0 Å². The van der Waals surface area contributed by atoms with Crippen molar-refractivity contribution >= 4 is 0 Å². The van der Waals surface area contributed by atoms with Crippen LogP contribution < -0.4 is 4.74 Å². The van der Waals surface area contributed by atoms with E-state index in [0.29, 0.717) is 24.3 Å². The van der Waals surface area contributed by atoms with Crippen molar-refractivity contribution in [2.45, 2.75) is 19.4 Å². The SMILES string of the molecule is Cc1cc(F)cc2c1OCC[C@@H]2O. The molecule has 0 fully saturated rings. The van der Waals surface area contributed by atoms with Crippen molar-refractivity contribution in [2.24, 2.45) is 0 Å². The summed E-state index contributed by atoms with van der Waals surface area (Å²) in [6.07, 6.45) is -0.0475. The summed E-state index contributed by atoms with van der Waals surface area (Å²) in [6.45, 7) is 2.28. The molecule has 0 radical (unpaired) electrons. The van der Waals surface area contributed by atoms with Gasteiger partial charge >= 0.3 is 0 Å². The molecule has 70 valence electrons. The number of benzene rings is 1. The minimum atomic E-state index is -0.585. The third-order valence-corrected chi connectivity index (χ3v) is 2.26. The van der Waals surface area contributed by atoms with E-state index in [1.165, 1.54) is 12.1 Å². The highest BCUT2D eigenvalue weighted by Gasteiger charge is 2.21. The van der Waals surface area contributed by atoms with Crippen molar-refractivity contribution in [3.8, 4) is 5.75 Å². The van der Waals surface area contributed by atoms with Crippen LogP contribution in [0.25, 0.3) is 0 Å². The van der Waals surface area contributed by atoms with Crippen LogP contribution in [-0.2, 0) is 0 Å². The fourth-order valence-electron chi connectivity index (χ4n) is 1.63. The highest BCUT2D eigenvalue weighted by atomic mass is 19.1. The summed E-state index contributed by atoms with van der Waals surface area (Å²) in [5, 5.41) is 9.56. The number of aryl methyl sites for hydroxylation is 1. The Morgan fingerprint density at radius 3 is 3.08 bits per heavy atom. The highest BCUT2D eigenvalue weighted by Crippen LogP contribution is 2.35. The van der Waals surface area contributed by atoms with Crippen LogP contribution in [0.2, 0.25) is 0 Å². The van der Waals surface area contributed by atoms with Crippen molar-refractivity contribution in [3.05, 3.63) is 29.1 Å². The van der Waals surface area contributed by atoms with Gasteiger partial charge in [0.2, 0.25) is 0 Å². The Hall–Kier alpha value is -1.09. The average molecular weight is 182 g/mol. The van der Waals surface area contributed by atoms with Gasteiger partial charge in [-0.15, -0.1) is 0 Å². The zero-order chi connectivity index (χ0) is 9.42. The van der Waals surface area contributed by atoms with Gasteiger partial charge in [0, 0.05) is 12.0 Å². The Balaban J connectivity index is 2.56. The second kappa shape index (κ2) is 3.00. The van der Waals surface area contributed by atoms with E-state index in [1.54, 1.807) is 6.92 Å². The number of hydrogen-bond acceptors (Lipinski definition) is 2. The molecule has 0 bridgehead atoms. The molecule has 1 heterocycles. The zero-order valence-corrected chi connectivity index (χ0v) is 7.38. The van der Waals surface area contributed by atoms with Crippen LogP contribution in [0.15, 0.2) is 12.1 Å². The van der Waals surface area contributed by atoms with Gasteiger partial charge in [-0.1, -0.05) is 0 Å². The van der Waals surface area contributed by atoms with Gasteiger partial charge in [0.25, 0.3) is 0 Å². The summed E-state index contributed by atoms with van der Waals surface area (Å²) in [7, 11) is 0. The lowest BCUT2D eigenvalue weighted by atomic mass is 10.0. The van der Waals surface area contributed by atoms with Crippen molar-refractivity contribution in [1.82, 2.24) is 0 Å². The van der Waals surface area contributed by atoms with Crippen LogP contribution in [-0.4, -0.2) is 11.7 Å². The third kappa shape index (κ3) is 1.40. The number of aliphatic hydroxyl groups is 1. The maximum Gasteiger partial charge on any atom is 0.128 e. The normalized spacial score (nSPS) is 20.7. The molecule has 1 aliphatic heterocycles. The topological polar surface area (TPSA) is 29.5 Å². The summed E-state index contributed by atoms with van der Waals surface area (Å²) < 4.78 is 18.3. The first-order chi connectivity index (χ1) is 6.18. The van der Waals surface area contributed by atoms with Gasteiger partial charge in [-0.3, -0.25) is 0 Å². The van der Waals surface area contributed by atoms with E-state index in [-0.39, 0.29) is 5.82 Å². The number of hydrogen-bond donors (Lipinski definition) is 1. The van der Waals surface area contributed by atoms with Crippen molar-refractivity contribution in [1.29, 1.82) is 0 Å². The predicted octanol–water partition coefficient (Wildman–Crippen LogP) is 1.95. The van der Waals surface area contributed by atoms with E-state index < -0.39 is 6.10 Å². The first-order valence-corrected chi connectivity index (χ1v) is 4.29. The van der Waals surface area contributed by atoms with E-state index in [9.17, 15) is 9.50 Å². The molecule has 0 spiro atoms. The highest BCUT2D eigenvalue weighted by molar-refractivity contribution is 5.43. The fourth-order valence-corrected chi connectivity index (χ4v) is 1.63. The average Bonchev–Trinajstić information content (AvgIpc) is 2.07. The Bertz CT molecular complexity index is 336. The molecule has 1 N–H and O–H groups in total. The molecule has 0 aromatic heterocycles. The molecular formula is C10H11FO2. The Morgan fingerprint density at radius 2 is 2.31 bits per heavy atom. The lowest BCUT2D eigenvalue weighted by Gasteiger charge is -2.23. The molecule has 2 rings (SSSR count). The minimum Gasteiger partial charge on any atom is -0.493 e. The third-order valence-electron chi connectivity index (χ3n) is 2.26. The van der Waals surface area contributed by atoms with Gasteiger partial charge in [-0.05, 0) is 24.6 Å². The summed E-state index contributed by atoms with van der Waals surface area (Å²) in [4.78, 5) is 0. The predicted molar refractivity (Wildman–Crippen MR) is 46.2 cm³/mol. The van der Waals surface area contributed by atoms with E-state index >= 15 is 0 Å². The van der Waals surface area contributed by atoms with Crippen LogP contribution in [0.3, 0.4) is 0 Å². The first kappa shape index (κ1) is 8.51. The second-order valence-electron chi connectivity index (χ2n) is 3.29. The Labute approximate surface area is 76.0 Å². The second-order valence-corrected chi connectivity index (χ2v) is 3.29. The molecule has 0 saturated carbocycles. The molecule has 1 aromatic rings. The molecule has 1 aliphatic rings. The largest absolute Gasteiger partial charge is 0.493 e. The van der Waals surface area contributed by atoms with E-state index in [4.69, 9.17) is 4.74 Å². The molecule has 0 unspecified atom stereocenters. The number of aliphatic hydroxyl groups excluding tert-OH is 1. The number of ether oxygens (including phenoxy) is 1. The summed E-state index contributed by atoms with van der Waals surface area (Å²) in [5.74, 6) is 0.320. The lowest BCUT2D eigenvalue weighted by Crippen LogP contribution is -2.15. The zero-order valence-electron chi connectivity index (χ0n) is 7.38. The summed E-state index contributed by atoms with van der Waals surface area (Å²) in [5.41, 5.74) is 1.32. The van der Waals surface area contributed by atoms with Crippen LogP contribution in [0.1, 0.15) is 23.7 Å². The van der Waals surface area contributed by atoms with Crippen molar-refractivity contribution in [2.75, 3.05) is 6.61 Å². The van der Waals surface area contributed by atoms with E-state index in [2.05, 4.69) is 0 Å². The van der Waals surface area contributed by atoms with Crippen LogP contribution >= 0.6 is 0 Å². The first-order valence-electron chi connectivity index (χ1n) is 4.29. The quantitative estimate of drug-likeness (QED) is 0.664. The Kier molecular flexibility index (Phi) is 1.96. The van der Waals surface area contributed by atoms with Gasteiger partial charge < -0.3 is 9.84 Å². The Morgan fingerprint density at radius 1 is 1.54 bits per heavy atom. The maximum absolute atomic E-state index is 13.0. The molecule has 3 heteroatoms. The fraction of sp³-hybridized carbons (Fsp3) is 0.400. The van der Waals surface area contributed by atoms with Crippen LogP contribution in [0.4, 0.5) is 4.39 Å². The lowest BCUT2D eigenvalue weighted by molar-refractivity contribution is 0.114. The maximum atomic E-state index is 13.0.